The number of fused-ring (bicyclic) bond motifs is 1. The van der Waals surface area contributed by atoms with Crippen LogP contribution >= 0.6 is 11.3 Å². The zero-order chi connectivity index (χ0) is 14.5. The molecule has 0 aliphatic heterocycles. The van der Waals surface area contributed by atoms with Crippen LogP contribution in [0, 0.1) is 5.92 Å². The molecule has 0 saturated carbocycles. The second-order valence-electron chi connectivity index (χ2n) is 5.51. The van der Waals surface area contributed by atoms with Gasteiger partial charge in [-0.2, -0.15) is 0 Å². The van der Waals surface area contributed by atoms with Crippen molar-refractivity contribution in [2.75, 3.05) is 0 Å². The normalized spacial score (nSPS) is 17.4. The maximum atomic E-state index is 12.0. The van der Waals surface area contributed by atoms with E-state index in [1.54, 1.807) is 11.3 Å². The van der Waals surface area contributed by atoms with Crippen LogP contribution in [0.3, 0.4) is 0 Å². The molecule has 1 atom stereocenters. The van der Waals surface area contributed by atoms with Crippen LogP contribution in [0.1, 0.15) is 59.6 Å². The molecule has 2 rings (SSSR count). The summed E-state index contributed by atoms with van der Waals surface area (Å²) in [6.45, 7) is 4.28. The second kappa shape index (κ2) is 6.88. The van der Waals surface area contributed by atoms with Crippen LogP contribution in [0.25, 0.3) is 0 Å². The van der Waals surface area contributed by atoms with Gasteiger partial charge >= 0.3 is 0 Å². The van der Waals surface area contributed by atoms with Gasteiger partial charge in [0.25, 0.3) is 5.91 Å². The largest absolute Gasteiger partial charge is 0.279 e. The maximum absolute atomic E-state index is 12.0. The minimum Gasteiger partial charge on any atom is -0.273 e. The monoisotopic (exact) mass is 294 g/mol. The fraction of sp³-hybridized carbons (Fsp3) is 0.600. The molecule has 1 aliphatic rings. The summed E-state index contributed by atoms with van der Waals surface area (Å²) in [6.07, 6.45) is 5.58. The number of hydrogen-bond donors (Lipinski definition) is 2. The molecule has 2 N–H and O–H groups in total. The summed E-state index contributed by atoms with van der Waals surface area (Å²) < 4.78 is 0. The van der Waals surface area contributed by atoms with Gasteiger partial charge in [-0.3, -0.25) is 20.4 Å². The van der Waals surface area contributed by atoms with Gasteiger partial charge in [0.15, 0.2) is 0 Å². The Labute approximate surface area is 123 Å². The third kappa shape index (κ3) is 3.82. The highest BCUT2D eigenvalue weighted by atomic mass is 32.1. The molecule has 0 bridgehead atoms. The number of unbranched alkanes of at least 4 members (excludes halogenated alkanes) is 1. The molecule has 0 aromatic carbocycles. The van der Waals surface area contributed by atoms with Crippen molar-refractivity contribution in [3.8, 4) is 0 Å². The van der Waals surface area contributed by atoms with E-state index in [9.17, 15) is 9.59 Å². The van der Waals surface area contributed by atoms with Crippen LogP contribution in [0.15, 0.2) is 6.07 Å². The lowest BCUT2D eigenvalue weighted by molar-refractivity contribution is -0.121. The molecule has 110 valence electrons. The minimum absolute atomic E-state index is 0.129. The Kier molecular flexibility index (Phi) is 5.17. The van der Waals surface area contributed by atoms with Gasteiger partial charge < -0.3 is 0 Å². The van der Waals surface area contributed by atoms with E-state index < -0.39 is 0 Å². The van der Waals surface area contributed by atoms with E-state index in [0.29, 0.717) is 17.2 Å². The van der Waals surface area contributed by atoms with Crippen LogP contribution in [0.2, 0.25) is 0 Å². The standard InChI is InChI=1S/C15H22N2O2S/c1-3-4-5-14(18)16-17-15(19)13-9-11-8-10(2)6-7-12(11)20-13/h9-10H,3-8H2,1-2H3,(H,16,18)(H,17,19). The molecule has 2 amide bonds. The van der Waals surface area contributed by atoms with Gasteiger partial charge in [-0.05, 0) is 43.2 Å². The summed E-state index contributed by atoms with van der Waals surface area (Å²) in [5.74, 6) is 0.360. The quantitative estimate of drug-likeness (QED) is 0.839. The minimum atomic E-state index is -0.207. The summed E-state index contributed by atoms with van der Waals surface area (Å²) in [4.78, 5) is 25.5. The topological polar surface area (TPSA) is 58.2 Å². The predicted molar refractivity (Wildman–Crippen MR) is 80.6 cm³/mol. The Morgan fingerprint density at radius 3 is 2.95 bits per heavy atom. The van der Waals surface area contributed by atoms with Gasteiger partial charge in [-0.1, -0.05) is 20.3 Å². The Bertz CT molecular complexity index is 496. The van der Waals surface area contributed by atoms with Crippen molar-refractivity contribution >= 4 is 23.2 Å². The van der Waals surface area contributed by atoms with Gasteiger partial charge in [0.2, 0.25) is 5.91 Å². The van der Waals surface area contributed by atoms with Gasteiger partial charge in [-0.25, -0.2) is 0 Å². The summed E-state index contributed by atoms with van der Waals surface area (Å²) >= 11 is 1.55. The van der Waals surface area contributed by atoms with Gasteiger partial charge in [0, 0.05) is 11.3 Å². The first-order valence-corrected chi connectivity index (χ1v) is 8.12. The number of carbonyl (C=O) groups excluding carboxylic acids is 2. The first-order valence-electron chi connectivity index (χ1n) is 7.31. The summed E-state index contributed by atoms with van der Waals surface area (Å²) in [5, 5.41) is 0. The van der Waals surface area contributed by atoms with Crippen molar-refractivity contribution in [1.82, 2.24) is 10.9 Å². The summed E-state index contributed by atoms with van der Waals surface area (Å²) in [6, 6.07) is 1.98. The number of hydrogen-bond acceptors (Lipinski definition) is 3. The van der Waals surface area contributed by atoms with E-state index >= 15 is 0 Å². The first-order chi connectivity index (χ1) is 9.60. The van der Waals surface area contributed by atoms with Gasteiger partial charge in [-0.15, -0.1) is 11.3 Å². The molecular formula is C15H22N2O2S. The number of rotatable bonds is 4. The van der Waals surface area contributed by atoms with Crippen molar-refractivity contribution in [2.45, 2.75) is 52.4 Å². The lowest BCUT2D eigenvalue weighted by Gasteiger charge is -2.16. The van der Waals surface area contributed by atoms with Crippen LogP contribution < -0.4 is 10.9 Å². The predicted octanol–water partition coefficient (Wildman–Crippen LogP) is 2.82. The van der Waals surface area contributed by atoms with Crippen LogP contribution in [-0.2, 0) is 17.6 Å². The molecule has 1 aliphatic carbocycles. The molecule has 0 spiro atoms. The molecule has 0 fully saturated rings. The highest BCUT2D eigenvalue weighted by Gasteiger charge is 2.20. The number of amides is 2. The average Bonchev–Trinajstić information content (AvgIpc) is 2.85. The van der Waals surface area contributed by atoms with Crippen LogP contribution in [0.5, 0.6) is 0 Å². The van der Waals surface area contributed by atoms with Crippen molar-refractivity contribution in [1.29, 1.82) is 0 Å². The van der Waals surface area contributed by atoms with Gasteiger partial charge in [0.1, 0.15) is 0 Å². The number of thiophene rings is 1. The Hall–Kier alpha value is -1.36. The zero-order valence-corrected chi connectivity index (χ0v) is 12.9. The van der Waals surface area contributed by atoms with E-state index in [0.717, 1.165) is 25.7 Å². The van der Waals surface area contributed by atoms with Gasteiger partial charge in [0.05, 0.1) is 4.88 Å². The lowest BCUT2D eigenvalue weighted by atomic mass is 9.90. The van der Waals surface area contributed by atoms with Crippen molar-refractivity contribution in [2.24, 2.45) is 5.92 Å². The molecule has 5 heteroatoms. The summed E-state index contributed by atoms with van der Waals surface area (Å²) in [5.41, 5.74) is 6.28. The SMILES string of the molecule is CCCCC(=O)NNC(=O)c1cc2c(s1)CCC(C)C2. The number of carbonyl (C=O) groups is 2. The molecule has 20 heavy (non-hydrogen) atoms. The van der Waals surface area contributed by atoms with Crippen LogP contribution in [-0.4, -0.2) is 11.8 Å². The summed E-state index contributed by atoms with van der Waals surface area (Å²) in [7, 11) is 0. The molecular weight excluding hydrogens is 272 g/mol. The Balaban J connectivity index is 1.88. The molecule has 1 unspecified atom stereocenters. The molecule has 1 aromatic rings. The molecule has 0 radical (unpaired) electrons. The highest BCUT2D eigenvalue weighted by Crippen LogP contribution is 2.31. The molecule has 1 aromatic heterocycles. The third-order valence-corrected chi connectivity index (χ3v) is 4.86. The fourth-order valence-corrected chi connectivity index (χ4v) is 3.51. The Morgan fingerprint density at radius 1 is 1.40 bits per heavy atom. The zero-order valence-electron chi connectivity index (χ0n) is 12.1. The Morgan fingerprint density at radius 2 is 2.20 bits per heavy atom. The third-order valence-electron chi connectivity index (χ3n) is 3.63. The van der Waals surface area contributed by atoms with Crippen molar-refractivity contribution in [3.63, 3.8) is 0 Å². The van der Waals surface area contributed by atoms with E-state index in [4.69, 9.17) is 0 Å². The molecule has 1 heterocycles. The number of nitrogens with one attached hydrogen (secondary N) is 2. The number of hydrazine groups is 1. The molecule has 0 saturated heterocycles. The van der Waals surface area contributed by atoms with E-state index in [1.807, 2.05) is 13.0 Å². The fourth-order valence-electron chi connectivity index (χ4n) is 2.41. The molecule has 4 nitrogen and oxygen atoms in total. The van der Waals surface area contributed by atoms with Crippen molar-refractivity contribution < 1.29 is 9.59 Å². The maximum Gasteiger partial charge on any atom is 0.279 e. The van der Waals surface area contributed by atoms with E-state index in [1.165, 1.54) is 16.9 Å². The number of aryl methyl sites for hydroxylation is 1. The average molecular weight is 294 g/mol. The van der Waals surface area contributed by atoms with E-state index in [2.05, 4.69) is 17.8 Å². The highest BCUT2D eigenvalue weighted by molar-refractivity contribution is 7.14. The smallest absolute Gasteiger partial charge is 0.273 e. The van der Waals surface area contributed by atoms with E-state index in [-0.39, 0.29) is 11.8 Å². The second-order valence-corrected chi connectivity index (χ2v) is 6.65. The van der Waals surface area contributed by atoms with Crippen molar-refractivity contribution in [3.05, 3.63) is 21.4 Å². The lowest BCUT2D eigenvalue weighted by Crippen LogP contribution is -2.41. The van der Waals surface area contributed by atoms with Crippen LogP contribution in [0.4, 0.5) is 0 Å². The first kappa shape index (κ1) is 15.0.